The quantitative estimate of drug-likeness (QED) is 0.553. The minimum atomic E-state index is -4.48. The fourth-order valence-electron chi connectivity index (χ4n) is 4.81. The molecule has 2 aliphatic heterocycles. The van der Waals surface area contributed by atoms with E-state index in [1.165, 1.54) is 6.20 Å². The lowest BCUT2D eigenvalue weighted by atomic mass is 9.95. The summed E-state index contributed by atoms with van der Waals surface area (Å²) >= 11 is 0. The van der Waals surface area contributed by atoms with Crippen molar-refractivity contribution in [1.82, 2.24) is 9.78 Å². The van der Waals surface area contributed by atoms with E-state index < -0.39 is 18.3 Å². The number of para-hydroxylation sites is 1. The molecule has 5 nitrogen and oxygen atoms in total. The number of aryl methyl sites for hydroxylation is 2. The molecule has 0 bridgehead atoms. The number of aromatic nitrogens is 2. The van der Waals surface area contributed by atoms with Crippen LogP contribution in [0.2, 0.25) is 0 Å². The molecule has 0 fully saturated rings. The highest BCUT2D eigenvalue weighted by atomic mass is 19.4. The van der Waals surface area contributed by atoms with Crippen molar-refractivity contribution in [1.29, 1.82) is 0 Å². The van der Waals surface area contributed by atoms with Crippen LogP contribution in [0, 0.1) is 0 Å². The lowest BCUT2D eigenvalue weighted by Crippen LogP contribution is -2.38. The first-order valence-corrected chi connectivity index (χ1v) is 11.3. The van der Waals surface area contributed by atoms with Crippen molar-refractivity contribution in [2.45, 2.75) is 50.9 Å². The van der Waals surface area contributed by atoms with Gasteiger partial charge in [0, 0.05) is 18.7 Å². The predicted octanol–water partition coefficient (Wildman–Crippen LogP) is 5.70. The van der Waals surface area contributed by atoms with E-state index in [2.05, 4.69) is 10.4 Å². The number of carbonyl (C=O) groups excluding carboxylic acids is 1. The van der Waals surface area contributed by atoms with Gasteiger partial charge in [0.1, 0.15) is 11.4 Å². The molecule has 8 heteroatoms. The molecule has 0 spiro atoms. The number of hydrogen-bond donors (Lipinski definition) is 1. The number of halogens is 3. The number of hydrogen-bond acceptors (Lipinski definition) is 3. The largest absolute Gasteiger partial charge is 0.410 e. The second kappa shape index (κ2) is 8.24. The van der Waals surface area contributed by atoms with Gasteiger partial charge in [0.25, 0.3) is 5.91 Å². The summed E-state index contributed by atoms with van der Waals surface area (Å²) in [4.78, 5) is 15.2. The van der Waals surface area contributed by atoms with Crippen molar-refractivity contribution < 1.29 is 18.0 Å². The first-order chi connectivity index (χ1) is 15.9. The van der Waals surface area contributed by atoms with Crippen LogP contribution < -0.4 is 10.2 Å². The SMILES string of the molecule is CCc1ccc([C@@H]2C[C@@H](C(F)(F)F)n3ncc(C(=O)N4CCCc5ccccc54)c3N2)cc1. The van der Waals surface area contributed by atoms with Crippen molar-refractivity contribution in [2.75, 3.05) is 16.8 Å². The minimum Gasteiger partial charge on any atom is -0.363 e. The molecule has 0 radical (unpaired) electrons. The maximum atomic E-state index is 14.0. The number of anilines is 2. The monoisotopic (exact) mass is 454 g/mol. The van der Waals surface area contributed by atoms with Crippen molar-refractivity contribution in [2.24, 2.45) is 0 Å². The summed E-state index contributed by atoms with van der Waals surface area (Å²) in [6.07, 6.45) is -0.880. The summed E-state index contributed by atoms with van der Waals surface area (Å²) < 4.78 is 42.9. The van der Waals surface area contributed by atoms with Gasteiger partial charge >= 0.3 is 6.18 Å². The van der Waals surface area contributed by atoms with Crippen LogP contribution in [-0.4, -0.2) is 28.4 Å². The summed E-state index contributed by atoms with van der Waals surface area (Å²) in [5.74, 6) is -0.208. The van der Waals surface area contributed by atoms with Crippen LogP contribution in [0.3, 0.4) is 0 Å². The molecule has 1 N–H and O–H groups in total. The molecule has 1 amide bonds. The molecule has 172 valence electrons. The fourth-order valence-corrected chi connectivity index (χ4v) is 4.81. The third kappa shape index (κ3) is 3.87. The first-order valence-electron chi connectivity index (χ1n) is 11.3. The number of fused-ring (bicyclic) bond motifs is 2. The second-order valence-electron chi connectivity index (χ2n) is 8.63. The predicted molar refractivity (Wildman–Crippen MR) is 121 cm³/mol. The van der Waals surface area contributed by atoms with Crippen LogP contribution in [-0.2, 0) is 12.8 Å². The van der Waals surface area contributed by atoms with E-state index in [4.69, 9.17) is 0 Å². The van der Waals surface area contributed by atoms with E-state index >= 15 is 0 Å². The highest BCUT2D eigenvalue weighted by molar-refractivity contribution is 6.09. The third-order valence-corrected chi connectivity index (χ3v) is 6.61. The van der Waals surface area contributed by atoms with Crippen molar-refractivity contribution in [3.63, 3.8) is 0 Å². The van der Waals surface area contributed by atoms with Gasteiger partial charge in [0.15, 0.2) is 6.04 Å². The highest BCUT2D eigenvalue weighted by Gasteiger charge is 2.47. The number of nitrogens with zero attached hydrogens (tertiary/aromatic N) is 3. The zero-order valence-electron chi connectivity index (χ0n) is 18.3. The Kier molecular flexibility index (Phi) is 5.38. The fraction of sp³-hybridized carbons (Fsp3) is 0.360. The maximum absolute atomic E-state index is 14.0. The molecule has 3 heterocycles. The number of carbonyl (C=O) groups is 1. The molecular weight excluding hydrogens is 429 g/mol. The minimum absolute atomic E-state index is 0.126. The standard InChI is InChI=1S/C25H25F3N4O/c1-2-16-9-11-17(12-10-16)20-14-22(25(26,27)28)32-23(30-20)19(15-29-32)24(33)31-13-5-7-18-6-3-4-8-21(18)31/h3-4,6,8-12,15,20,22,30H,2,5,7,13-14H2,1H3/t20-,22-/m0/s1. The third-order valence-electron chi connectivity index (χ3n) is 6.61. The Morgan fingerprint density at radius 3 is 2.64 bits per heavy atom. The van der Waals surface area contributed by atoms with E-state index in [1.807, 2.05) is 55.5 Å². The van der Waals surface area contributed by atoms with Gasteiger partial charge in [-0.2, -0.15) is 18.3 Å². The van der Waals surface area contributed by atoms with E-state index in [9.17, 15) is 18.0 Å². The molecule has 0 unspecified atom stereocenters. The molecular formula is C25H25F3N4O. The summed E-state index contributed by atoms with van der Waals surface area (Å²) in [5.41, 5.74) is 3.91. The molecule has 0 aliphatic carbocycles. The average molecular weight is 454 g/mol. The van der Waals surface area contributed by atoms with E-state index in [0.717, 1.165) is 46.3 Å². The van der Waals surface area contributed by atoms with Crippen LogP contribution in [0.1, 0.15) is 58.9 Å². The lowest BCUT2D eigenvalue weighted by Gasteiger charge is -2.35. The molecule has 2 aliphatic rings. The summed E-state index contributed by atoms with van der Waals surface area (Å²) in [5, 5.41) is 7.22. The number of benzene rings is 2. The molecule has 3 aromatic rings. The summed E-state index contributed by atoms with van der Waals surface area (Å²) in [6.45, 7) is 2.55. The van der Waals surface area contributed by atoms with Gasteiger partial charge in [-0.3, -0.25) is 4.79 Å². The van der Waals surface area contributed by atoms with Gasteiger partial charge in [-0.25, -0.2) is 4.68 Å². The summed E-state index contributed by atoms with van der Waals surface area (Å²) in [7, 11) is 0. The number of alkyl halides is 3. The lowest BCUT2D eigenvalue weighted by molar-refractivity contribution is -0.173. The zero-order valence-corrected chi connectivity index (χ0v) is 18.3. The molecule has 2 aromatic carbocycles. The topological polar surface area (TPSA) is 50.2 Å². The van der Waals surface area contributed by atoms with E-state index in [0.29, 0.717) is 6.54 Å². The zero-order chi connectivity index (χ0) is 23.2. The van der Waals surface area contributed by atoms with Gasteiger partial charge < -0.3 is 10.2 Å². The number of nitrogens with one attached hydrogen (secondary N) is 1. The summed E-state index contributed by atoms with van der Waals surface area (Å²) in [6, 6.07) is 12.9. The Bertz CT molecular complexity index is 1170. The number of rotatable bonds is 3. The molecule has 0 saturated heterocycles. The maximum Gasteiger partial charge on any atom is 0.410 e. The van der Waals surface area contributed by atoms with Crippen molar-refractivity contribution in [3.8, 4) is 0 Å². The Hall–Kier alpha value is -3.29. The van der Waals surface area contributed by atoms with Crippen LogP contribution in [0.4, 0.5) is 24.7 Å². The van der Waals surface area contributed by atoms with E-state index in [1.54, 1.807) is 4.90 Å². The Labute approximate surface area is 190 Å². The molecule has 2 atom stereocenters. The van der Waals surface area contributed by atoms with Crippen LogP contribution >= 0.6 is 0 Å². The molecule has 33 heavy (non-hydrogen) atoms. The Balaban J connectivity index is 1.53. The highest BCUT2D eigenvalue weighted by Crippen LogP contribution is 2.44. The van der Waals surface area contributed by atoms with Crippen molar-refractivity contribution in [3.05, 3.63) is 77.0 Å². The van der Waals surface area contributed by atoms with Gasteiger partial charge in [-0.05, 0) is 42.0 Å². The smallest absolute Gasteiger partial charge is 0.363 e. The van der Waals surface area contributed by atoms with Gasteiger partial charge in [-0.15, -0.1) is 0 Å². The normalized spacial score (nSPS) is 20.1. The Morgan fingerprint density at radius 2 is 1.91 bits per heavy atom. The molecule has 1 aromatic heterocycles. The van der Waals surface area contributed by atoms with Gasteiger partial charge in [-0.1, -0.05) is 49.4 Å². The first kappa shape index (κ1) is 21.6. The van der Waals surface area contributed by atoms with Crippen LogP contribution in [0.25, 0.3) is 0 Å². The van der Waals surface area contributed by atoms with Gasteiger partial charge in [0.05, 0.1) is 12.2 Å². The van der Waals surface area contributed by atoms with Crippen LogP contribution in [0.5, 0.6) is 0 Å². The molecule has 0 saturated carbocycles. The Morgan fingerprint density at radius 1 is 1.15 bits per heavy atom. The number of amides is 1. The second-order valence-corrected chi connectivity index (χ2v) is 8.63. The average Bonchev–Trinajstić information content (AvgIpc) is 3.26. The van der Waals surface area contributed by atoms with Crippen LogP contribution in [0.15, 0.2) is 54.7 Å². The van der Waals surface area contributed by atoms with Crippen molar-refractivity contribution >= 4 is 17.4 Å². The molecule has 5 rings (SSSR count). The van der Waals surface area contributed by atoms with E-state index in [-0.39, 0.29) is 23.7 Å². The van der Waals surface area contributed by atoms with Gasteiger partial charge in [0.2, 0.25) is 0 Å².